The summed E-state index contributed by atoms with van der Waals surface area (Å²) >= 11 is 0. The lowest BCUT2D eigenvalue weighted by atomic mass is 10.3. The number of ether oxygens (including phenoxy) is 1. The molecule has 2 nitrogen and oxygen atoms in total. The number of unbranched alkanes of at least 4 members (excludes halogenated alkanes) is 1. The number of carbonyl (C=O) groups excluding carboxylic acids is 1. The highest BCUT2D eigenvalue weighted by molar-refractivity contribution is 5.82. The van der Waals surface area contributed by atoms with Crippen LogP contribution in [0, 0.1) is 0 Å². The maximum absolute atomic E-state index is 10.5. The van der Waals surface area contributed by atoms with Gasteiger partial charge in [0.2, 0.25) is 0 Å². The van der Waals surface area contributed by atoms with Gasteiger partial charge in [-0.15, -0.1) is 0 Å². The zero-order chi connectivity index (χ0) is 7.82. The highest BCUT2D eigenvalue weighted by Crippen LogP contribution is 1.89. The summed E-state index contributed by atoms with van der Waals surface area (Å²) in [4.78, 5) is 10.5. The van der Waals surface area contributed by atoms with E-state index in [0.717, 1.165) is 19.1 Å². The summed E-state index contributed by atoms with van der Waals surface area (Å²) in [5.74, 6) is -0.358. The fourth-order valence-electron chi connectivity index (χ4n) is 0.468. The van der Waals surface area contributed by atoms with Crippen LogP contribution in [0.15, 0.2) is 25.0 Å². The van der Waals surface area contributed by atoms with E-state index in [9.17, 15) is 4.79 Å². The Kier molecular flexibility index (Phi) is 5.44. The van der Waals surface area contributed by atoms with Gasteiger partial charge in [0.25, 0.3) is 0 Å². The molecular formula is C8H12O2. The van der Waals surface area contributed by atoms with Crippen molar-refractivity contribution in [1.29, 1.82) is 0 Å². The molecule has 0 radical (unpaired) electrons. The van der Waals surface area contributed by atoms with Crippen molar-refractivity contribution >= 4 is 5.97 Å². The van der Waals surface area contributed by atoms with E-state index in [1.807, 2.05) is 6.92 Å². The Morgan fingerprint density at radius 1 is 1.70 bits per heavy atom. The van der Waals surface area contributed by atoms with Crippen molar-refractivity contribution in [2.24, 2.45) is 0 Å². The first-order valence-electron chi connectivity index (χ1n) is 3.29. The Balaban J connectivity index is 3.45. The van der Waals surface area contributed by atoms with Gasteiger partial charge in [0.15, 0.2) is 0 Å². The molecule has 0 amide bonds. The summed E-state index contributed by atoms with van der Waals surface area (Å²) < 4.78 is 4.43. The normalized spacial score (nSPS) is 9.70. The Hall–Kier alpha value is -1.05. The molecule has 0 aliphatic rings. The van der Waals surface area contributed by atoms with Crippen LogP contribution in [-0.4, -0.2) is 5.97 Å². The molecule has 0 aromatic heterocycles. The molecule has 0 atom stereocenters. The molecule has 0 saturated carbocycles. The standard InChI is InChI=1S/C8H12O2/c1-3-5-6-7-8(9)10-4-2/h4,6-7H,2-3,5H2,1H3. The molecule has 0 aromatic rings. The maximum atomic E-state index is 10.5. The van der Waals surface area contributed by atoms with Crippen LogP contribution in [0.3, 0.4) is 0 Å². The number of rotatable bonds is 4. The minimum absolute atomic E-state index is 0.358. The summed E-state index contributed by atoms with van der Waals surface area (Å²) in [6.07, 6.45) is 6.26. The molecule has 0 bridgehead atoms. The summed E-state index contributed by atoms with van der Waals surface area (Å²) in [5.41, 5.74) is 0. The molecule has 0 aromatic carbocycles. The van der Waals surface area contributed by atoms with Crippen LogP contribution in [0.5, 0.6) is 0 Å². The second-order valence-corrected chi connectivity index (χ2v) is 1.79. The molecular weight excluding hydrogens is 128 g/mol. The summed E-state index contributed by atoms with van der Waals surface area (Å²) in [7, 11) is 0. The van der Waals surface area contributed by atoms with Gasteiger partial charge in [-0.05, 0) is 6.42 Å². The van der Waals surface area contributed by atoms with Crippen LogP contribution in [0.25, 0.3) is 0 Å². The molecule has 0 unspecified atom stereocenters. The largest absolute Gasteiger partial charge is 0.432 e. The highest BCUT2D eigenvalue weighted by Gasteiger charge is 1.88. The van der Waals surface area contributed by atoms with Gasteiger partial charge in [-0.3, -0.25) is 0 Å². The number of hydrogen-bond donors (Lipinski definition) is 0. The van der Waals surface area contributed by atoms with Crippen molar-refractivity contribution < 1.29 is 9.53 Å². The van der Waals surface area contributed by atoms with E-state index in [1.54, 1.807) is 6.08 Å². The third-order valence-electron chi connectivity index (χ3n) is 0.909. The predicted molar refractivity (Wildman–Crippen MR) is 40.3 cm³/mol. The Bertz CT molecular complexity index is 136. The minimum Gasteiger partial charge on any atom is -0.432 e. The molecule has 0 aliphatic carbocycles. The van der Waals surface area contributed by atoms with Gasteiger partial charge in [-0.25, -0.2) is 4.79 Å². The van der Waals surface area contributed by atoms with E-state index in [0.29, 0.717) is 0 Å². The Morgan fingerprint density at radius 3 is 2.90 bits per heavy atom. The SMILES string of the molecule is C=COC(=O)C=CCCC. The van der Waals surface area contributed by atoms with E-state index in [4.69, 9.17) is 0 Å². The first-order valence-corrected chi connectivity index (χ1v) is 3.29. The first-order chi connectivity index (χ1) is 4.81. The molecule has 0 rings (SSSR count). The first kappa shape index (κ1) is 8.95. The topological polar surface area (TPSA) is 26.3 Å². The molecule has 0 fully saturated rings. The molecule has 0 aliphatic heterocycles. The average Bonchev–Trinajstić information content (AvgIpc) is 1.89. The highest BCUT2D eigenvalue weighted by atomic mass is 16.5. The second-order valence-electron chi connectivity index (χ2n) is 1.79. The van der Waals surface area contributed by atoms with Crippen LogP contribution in [0.1, 0.15) is 19.8 Å². The van der Waals surface area contributed by atoms with Crippen LogP contribution < -0.4 is 0 Å². The molecule has 0 spiro atoms. The van der Waals surface area contributed by atoms with Gasteiger partial charge in [-0.2, -0.15) is 0 Å². The van der Waals surface area contributed by atoms with Crippen molar-refractivity contribution in [3.63, 3.8) is 0 Å². The molecule has 0 saturated heterocycles. The fraction of sp³-hybridized carbons (Fsp3) is 0.375. The van der Waals surface area contributed by atoms with E-state index in [2.05, 4.69) is 11.3 Å². The van der Waals surface area contributed by atoms with Crippen LogP contribution in [-0.2, 0) is 9.53 Å². The van der Waals surface area contributed by atoms with Gasteiger partial charge in [0, 0.05) is 6.08 Å². The number of allylic oxidation sites excluding steroid dienone is 1. The van der Waals surface area contributed by atoms with Gasteiger partial charge in [0.1, 0.15) is 0 Å². The zero-order valence-electron chi connectivity index (χ0n) is 6.17. The van der Waals surface area contributed by atoms with Crippen molar-refractivity contribution in [1.82, 2.24) is 0 Å². The maximum Gasteiger partial charge on any atom is 0.335 e. The lowest BCUT2D eigenvalue weighted by Crippen LogP contribution is -1.92. The van der Waals surface area contributed by atoms with E-state index < -0.39 is 0 Å². The molecule has 0 heterocycles. The molecule has 0 N–H and O–H groups in total. The van der Waals surface area contributed by atoms with Gasteiger partial charge < -0.3 is 4.74 Å². The molecule has 10 heavy (non-hydrogen) atoms. The van der Waals surface area contributed by atoms with E-state index in [1.165, 1.54) is 6.08 Å². The quantitative estimate of drug-likeness (QED) is 0.339. The zero-order valence-corrected chi connectivity index (χ0v) is 6.17. The third kappa shape index (κ3) is 5.09. The van der Waals surface area contributed by atoms with Gasteiger partial charge in [0.05, 0.1) is 6.26 Å². The van der Waals surface area contributed by atoms with Crippen molar-refractivity contribution in [3.8, 4) is 0 Å². The van der Waals surface area contributed by atoms with Gasteiger partial charge in [-0.1, -0.05) is 26.0 Å². The van der Waals surface area contributed by atoms with Crippen molar-refractivity contribution in [3.05, 3.63) is 25.0 Å². The Morgan fingerprint density at radius 2 is 2.40 bits per heavy atom. The number of carbonyl (C=O) groups is 1. The fourth-order valence-corrected chi connectivity index (χ4v) is 0.468. The van der Waals surface area contributed by atoms with Crippen LogP contribution in [0.4, 0.5) is 0 Å². The van der Waals surface area contributed by atoms with Crippen LogP contribution >= 0.6 is 0 Å². The third-order valence-corrected chi connectivity index (χ3v) is 0.909. The number of hydrogen-bond acceptors (Lipinski definition) is 2. The Labute approximate surface area is 61.2 Å². The molecule has 2 heteroatoms. The van der Waals surface area contributed by atoms with Crippen LogP contribution in [0.2, 0.25) is 0 Å². The second kappa shape index (κ2) is 6.08. The summed E-state index contributed by atoms with van der Waals surface area (Å²) in [6, 6.07) is 0. The van der Waals surface area contributed by atoms with E-state index >= 15 is 0 Å². The monoisotopic (exact) mass is 140 g/mol. The predicted octanol–water partition coefficient (Wildman–Crippen LogP) is 2.03. The van der Waals surface area contributed by atoms with E-state index in [-0.39, 0.29) is 5.97 Å². The lowest BCUT2D eigenvalue weighted by Gasteiger charge is -1.88. The summed E-state index contributed by atoms with van der Waals surface area (Å²) in [5, 5.41) is 0. The smallest absolute Gasteiger partial charge is 0.335 e. The van der Waals surface area contributed by atoms with Crippen molar-refractivity contribution in [2.45, 2.75) is 19.8 Å². The minimum atomic E-state index is -0.358. The molecule has 56 valence electrons. The van der Waals surface area contributed by atoms with Gasteiger partial charge >= 0.3 is 5.97 Å². The number of esters is 1. The summed E-state index contributed by atoms with van der Waals surface area (Å²) in [6.45, 7) is 5.30. The lowest BCUT2D eigenvalue weighted by molar-refractivity contribution is -0.132. The van der Waals surface area contributed by atoms with Crippen molar-refractivity contribution in [2.75, 3.05) is 0 Å². The average molecular weight is 140 g/mol.